The van der Waals surface area contributed by atoms with E-state index in [1.807, 2.05) is 48.5 Å². The van der Waals surface area contributed by atoms with Gasteiger partial charge < -0.3 is 8.94 Å². The molecule has 2 aromatic carbocycles. The Kier molecular flexibility index (Phi) is 6.48. The summed E-state index contributed by atoms with van der Waals surface area (Å²) in [6.45, 7) is 2.46. The van der Waals surface area contributed by atoms with E-state index in [1.165, 1.54) is 16.4 Å². The largest absolute Gasteiger partial charge is 0.409 e. The molecule has 0 N–H and O–H groups in total. The van der Waals surface area contributed by atoms with Crippen molar-refractivity contribution in [1.82, 2.24) is 30.1 Å². The highest BCUT2D eigenvalue weighted by Crippen LogP contribution is 2.28. The Balaban J connectivity index is 1.41. The first-order chi connectivity index (χ1) is 16.7. The lowest BCUT2D eigenvalue weighted by Crippen LogP contribution is -2.24. The maximum atomic E-state index is 13.1. The zero-order valence-electron chi connectivity index (χ0n) is 18.5. The summed E-state index contributed by atoms with van der Waals surface area (Å²) in [5.41, 5.74) is 1.26. The van der Waals surface area contributed by atoms with Crippen LogP contribution in [0, 0.1) is 0 Å². The van der Waals surface area contributed by atoms with Gasteiger partial charge >= 0.3 is 0 Å². The molecule has 0 unspecified atom stereocenters. The van der Waals surface area contributed by atoms with Gasteiger partial charge in [0.05, 0.1) is 17.7 Å². The van der Waals surface area contributed by atoms with Crippen molar-refractivity contribution in [3.8, 4) is 11.6 Å². The molecule has 3 aromatic heterocycles. The minimum atomic E-state index is -0.174. The maximum absolute atomic E-state index is 13.1. The van der Waals surface area contributed by atoms with E-state index in [0.717, 1.165) is 24.8 Å². The van der Waals surface area contributed by atoms with E-state index >= 15 is 0 Å². The minimum absolute atomic E-state index is 0.174. The molecule has 0 amide bonds. The highest BCUT2D eigenvalue weighted by atomic mass is 32.2. The molecule has 0 aliphatic rings. The number of aryl methyl sites for hydroxylation is 1. The van der Waals surface area contributed by atoms with Crippen LogP contribution in [-0.4, -0.2) is 30.1 Å². The van der Waals surface area contributed by atoms with E-state index in [1.54, 1.807) is 6.07 Å². The van der Waals surface area contributed by atoms with Crippen LogP contribution in [0.3, 0.4) is 0 Å². The summed E-state index contributed by atoms with van der Waals surface area (Å²) in [6.07, 6.45) is 2.89. The Hall–Kier alpha value is -3.79. The summed E-state index contributed by atoms with van der Waals surface area (Å²) in [7, 11) is 0. The molecule has 0 atom stereocenters. The van der Waals surface area contributed by atoms with Crippen molar-refractivity contribution in [1.29, 1.82) is 0 Å². The normalized spacial score (nSPS) is 11.3. The summed E-state index contributed by atoms with van der Waals surface area (Å²) >= 11 is 1.31. The fraction of sp³-hybridized carbons (Fsp3) is 0.250. The van der Waals surface area contributed by atoms with Crippen LogP contribution in [0.15, 0.2) is 73.6 Å². The van der Waals surface area contributed by atoms with Gasteiger partial charge in [0, 0.05) is 11.8 Å². The van der Waals surface area contributed by atoms with E-state index in [2.05, 4.69) is 32.4 Å². The van der Waals surface area contributed by atoms with Gasteiger partial charge in [-0.1, -0.05) is 78.8 Å². The number of rotatable bonds is 9. The molecule has 0 fully saturated rings. The molecule has 5 aromatic rings. The number of fused-ring (bicyclic) bond motifs is 1. The number of hydrogen-bond donors (Lipinski definition) is 0. The van der Waals surface area contributed by atoms with Crippen LogP contribution in [0.2, 0.25) is 0 Å². The molecule has 3 heterocycles. The van der Waals surface area contributed by atoms with Crippen molar-refractivity contribution in [2.75, 3.05) is 0 Å². The molecule has 0 saturated carbocycles. The highest BCUT2D eigenvalue weighted by molar-refractivity contribution is 7.98. The van der Waals surface area contributed by atoms with Crippen molar-refractivity contribution in [2.24, 2.45) is 0 Å². The van der Waals surface area contributed by atoms with E-state index in [4.69, 9.17) is 8.94 Å². The zero-order chi connectivity index (χ0) is 23.3. The fourth-order valence-corrected chi connectivity index (χ4v) is 4.13. The lowest BCUT2D eigenvalue weighted by molar-refractivity contribution is 0.383. The molecule has 0 aliphatic heterocycles. The molecule has 0 saturated heterocycles. The average Bonchev–Trinajstić information content (AvgIpc) is 3.53. The minimum Gasteiger partial charge on any atom is -0.409 e. The second kappa shape index (κ2) is 10.0. The summed E-state index contributed by atoms with van der Waals surface area (Å²) < 4.78 is 12.6. The predicted octanol–water partition coefficient (Wildman–Crippen LogP) is 4.51. The van der Waals surface area contributed by atoms with E-state index < -0.39 is 0 Å². The highest BCUT2D eigenvalue weighted by Gasteiger charge is 2.18. The van der Waals surface area contributed by atoms with Crippen LogP contribution in [0.1, 0.15) is 37.0 Å². The number of benzene rings is 2. The molecule has 0 aliphatic carbocycles. The van der Waals surface area contributed by atoms with Crippen molar-refractivity contribution in [3.05, 3.63) is 82.2 Å². The third kappa shape index (κ3) is 4.76. The zero-order valence-corrected chi connectivity index (χ0v) is 19.4. The Bertz CT molecular complexity index is 1460. The molecule has 0 bridgehead atoms. The summed E-state index contributed by atoms with van der Waals surface area (Å²) in [6, 6.07) is 17.0. The SMILES string of the molecule is CCCCc1noc(CSc2nnc(-c3nn(Cc4ccccc4)c(=O)c4ccccc34)o2)n1. The fourth-order valence-electron chi connectivity index (χ4n) is 3.53. The molecule has 34 heavy (non-hydrogen) atoms. The first kappa shape index (κ1) is 22.0. The van der Waals surface area contributed by atoms with Crippen molar-refractivity contribution in [3.63, 3.8) is 0 Å². The van der Waals surface area contributed by atoms with Crippen LogP contribution < -0.4 is 5.56 Å². The molecule has 5 rings (SSSR count). The third-order valence-electron chi connectivity index (χ3n) is 5.24. The van der Waals surface area contributed by atoms with Crippen molar-refractivity contribution in [2.45, 2.75) is 43.7 Å². The van der Waals surface area contributed by atoms with Gasteiger partial charge in [-0.25, -0.2) is 4.68 Å². The van der Waals surface area contributed by atoms with Gasteiger partial charge in [0.15, 0.2) is 11.5 Å². The summed E-state index contributed by atoms with van der Waals surface area (Å²) in [4.78, 5) is 17.4. The van der Waals surface area contributed by atoms with Gasteiger partial charge in [0.2, 0.25) is 5.89 Å². The molecule has 9 nitrogen and oxygen atoms in total. The molecule has 10 heteroatoms. The van der Waals surface area contributed by atoms with Gasteiger partial charge in [0.25, 0.3) is 16.7 Å². The standard InChI is InChI=1S/C24H22N6O3S/c1-2-3-13-19-25-20(33-29-19)15-34-24-27-26-22(32-24)21-17-11-7-8-12-18(17)23(31)30(28-21)14-16-9-5-4-6-10-16/h4-12H,2-3,13-15H2,1H3. The Morgan fingerprint density at radius 1 is 1.00 bits per heavy atom. The Labute approximate surface area is 199 Å². The van der Waals surface area contributed by atoms with Crippen LogP contribution in [0.25, 0.3) is 22.4 Å². The molecular formula is C24H22N6O3S. The lowest BCUT2D eigenvalue weighted by Gasteiger charge is -2.09. The second-order valence-corrected chi connectivity index (χ2v) is 8.64. The van der Waals surface area contributed by atoms with Gasteiger partial charge in [0.1, 0.15) is 0 Å². The van der Waals surface area contributed by atoms with Crippen LogP contribution >= 0.6 is 11.8 Å². The first-order valence-electron chi connectivity index (χ1n) is 11.0. The van der Waals surface area contributed by atoms with Gasteiger partial charge in [-0.3, -0.25) is 4.79 Å². The smallest absolute Gasteiger partial charge is 0.277 e. The predicted molar refractivity (Wildman–Crippen MR) is 127 cm³/mol. The van der Waals surface area contributed by atoms with Crippen LogP contribution in [0.4, 0.5) is 0 Å². The van der Waals surface area contributed by atoms with Gasteiger partial charge in [-0.05, 0) is 18.1 Å². The Morgan fingerprint density at radius 3 is 2.62 bits per heavy atom. The number of aromatic nitrogens is 6. The van der Waals surface area contributed by atoms with Crippen molar-refractivity contribution >= 4 is 22.5 Å². The molecule has 0 radical (unpaired) electrons. The summed E-state index contributed by atoms with van der Waals surface area (Å²) in [5.74, 6) is 1.88. The number of unbranched alkanes of at least 4 members (excludes halogenated alkanes) is 1. The van der Waals surface area contributed by atoms with E-state index in [-0.39, 0.29) is 11.4 Å². The average molecular weight is 475 g/mol. The molecular weight excluding hydrogens is 452 g/mol. The number of thioether (sulfide) groups is 1. The topological polar surface area (TPSA) is 113 Å². The lowest BCUT2D eigenvalue weighted by atomic mass is 10.1. The third-order valence-corrected chi connectivity index (χ3v) is 6.04. The van der Waals surface area contributed by atoms with E-state index in [9.17, 15) is 4.79 Å². The maximum Gasteiger partial charge on any atom is 0.277 e. The second-order valence-electron chi connectivity index (χ2n) is 7.71. The quantitative estimate of drug-likeness (QED) is 0.285. The number of nitrogens with zero attached hydrogens (tertiary/aromatic N) is 6. The van der Waals surface area contributed by atoms with Gasteiger partial charge in [-0.15, -0.1) is 10.2 Å². The van der Waals surface area contributed by atoms with Crippen molar-refractivity contribution < 1.29 is 8.94 Å². The molecule has 0 spiro atoms. The first-order valence-corrected chi connectivity index (χ1v) is 12.0. The Morgan fingerprint density at radius 2 is 1.79 bits per heavy atom. The number of hydrogen-bond acceptors (Lipinski definition) is 9. The molecule has 172 valence electrons. The summed E-state index contributed by atoms with van der Waals surface area (Å²) in [5, 5.41) is 18.5. The van der Waals surface area contributed by atoms with Crippen LogP contribution in [0.5, 0.6) is 0 Å². The monoisotopic (exact) mass is 474 g/mol. The van der Waals surface area contributed by atoms with E-state index in [0.29, 0.717) is 45.7 Å². The van der Waals surface area contributed by atoms with Crippen LogP contribution in [-0.2, 0) is 18.7 Å². The van der Waals surface area contributed by atoms with Gasteiger partial charge in [-0.2, -0.15) is 10.1 Å².